The first kappa shape index (κ1) is 23.2. The highest BCUT2D eigenvalue weighted by Gasteiger charge is 2.36. The van der Waals surface area contributed by atoms with Gasteiger partial charge in [0.15, 0.2) is 11.5 Å². The van der Waals surface area contributed by atoms with Crippen LogP contribution in [0.3, 0.4) is 0 Å². The molecule has 33 heavy (non-hydrogen) atoms. The Morgan fingerprint density at radius 3 is 2.39 bits per heavy atom. The standard InChI is InChI=1S/C25H29N3O4S/c1-3-8-18-12-13-23-21(16-18)28(20-10-5-6-11-22(20)32-23)19(9-4-2)17-24(33(29,30)31)25-26-14-7-15-27-25/h5-7,10-16,19,24H,3-4,8-9,17H2,1-2H3,(H,29,30,31). The van der Waals surface area contributed by atoms with Gasteiger partial charge in [-0.2, -0.15) is 8.42 Å². The fourth-order valence-electron chi connectivity index (χ4n) is 4.44. The van der Waals surface area contributed by atoms with Crippen molar-refractivity contribution >= 4 is 21.5 Å². The van der Waals surface area contributed by atoms with Gasteiger partial charge in [0.1, 0.15) is 11.1 Å². The molecule has 1 N–H and O–H groups in total. The number of benzene rings is 2. The van der Waals surface area contributed by atoms with Crippen molar-refractivity contribution in [1.82, 2.24) is 9.97 Å². The second-order valence-corrected chi connectivity index (χ2v) is 9.88. The average molecular weight is 468 g/mol. The molecule has 0 spiro atoms. The lowest BCUT2D eigenvalue weighted by Gasteiger charge is -2.39. The zero-order valence-corrected chi connectivity index (χ0v) is 19.7. The number of aryl methyl sites for hydroxylation is 1. The first-order valence-corrected chi connectivity index (χ1v) is 12.8. The molecule has 2 atom stereocenters. The Morgan fingerprint density at radius 1 is 0.970 bits per heavy atom. The predicted octanol–water partition coefficient (Wildman–Crippen LogP) is 5.86. The molecular weight excluding hydrogens is 438 g/mol. The number of rotatable bonds is 9. The molecule has 0 aliphatic carbocycles. The van der Waals surface area contributed by atoms with E-state index in [1.165, 1.54) is 18.0 Å². The van der Waals surface area contributed by atoms with E-state index < -0.39 is 15.4 Å². The summed E-state index contributed by atoms with van der Waals surface area (Å²) < 4.78 is 41.1. The molecule has 2 heterocycles. The van der Waals surface area contributed by atoms with Crippen molar-refractivity contribution in [2.24, 2.45) is 0 Å². The minimum atomic E-state index is -4.42. The Hall–Kier alpha value is -2.97. The molecule has 0 amide bonds. The predicted molar refractivity (Wildman–Crippen MR) is 129 cm³/mol. The lowest BCUT2D eigenvalue weighted by Crippen LogP contribution is -2.36. The molecule has 2 unspecified atom stereocenters. The second-order valence-electron chi connectivity index (χ2n) is 8.28. The molecular formula is C25H29N3O4S. The van der Waals surface area contributed by atoms with Crippen molar-refractivity contribution in [2.75, 3.05) is 4.90 Å². The summed E-state index contributed by atoms with van der Waals surface area (Å²) in [5, 5.41) is -1.23. The monoisotopic (exact) mass is 467 g/mol. The highest BCUT2D eigenvalue weighted by Crippen LogP contribution is 2.49. The first-order valence-electron chi connectivity index (χ1n) is 11.3. The van der Waals surface area contributed by atoms with Crippen LogP contribution in [0.15, 0.2) is 60.9 Å². The maximum atomic E-state index is 12.4. The van der Waals surface area contributed by atoms with Gasteiger partial charge in [0, 0.05) is 18.4 Å². The van der Waals surface area contributed by atoms with Crippen molar-refractivity contribution in [3.8, 4) is 11.5 Å². The van der Waals surface area contributed by atoms with Gasteiger partial charge in [-0.1, -0.05) is 44.9 Å². The Kier molecular flexibility index (Phi) is 6.95. The van der Waals surface area contributed by atoms with Crippen LogP contribution in [-0.4, -0.2) is 29.0 Å². The summed E-state index contributed by atoms with van der Waals surface area (Å²) >= 11 is 0. The maximum Gasteiger partial charge on any atom is 0.275 e. The average Bonchev–Trinajstić information content (AvgIpc) is 2.80. The molecule has 1 aliphatic heterocycles. The van der Waals surface area contributed by atoms with E-state index in [0.717, 1.165) is 36.4 Å². The Bertz CT molecular complexity index is 1200. The minimum Gasteiger partial charge on any atom is -0.453 e. The van der Waals surface area contributed by atoms with Gasteiger partial charge in [-0.05, 0) is 55.2 Å². The van der Waals surface area contributed by atoms with Gasteiger partial charge in [0.05, 0.1) is 11.4 Å². The van der Waals surface area contributed by atoms with Crippen molar-refractivity contribution in [3.05, 3.63) is 72.3 Å². The molecule has 2 aromatic carbocycles. The highest BCUT2D eigenvalue weighted by atomic mass is 32.2. The minimum absolute atomic E-state index is 0.0996. The second kappa shape index (κ2) is 9.89. The van der Waals surface area contributed by atoms with Crippen molar-refractivity contribution < 1.29 is 17.7 Å². The summed E-state index contributed by atoms with van der Waals surface area (Å²) in [5.74, 6) is 1.55. The number of ether oxygens (including phenoxy) is 1. The molecule has 0 saturated carbocycles. The molecule has 0 fully saturated rings. The summed E-state index contributed by atoms with van der Waals surface area (Å²) in [6.45, 7) is 4.20. The van der Waals surface area contributed by atoms with Gasteiger partial charge in [0.2, 0.25) is 0 Å². The topological polar surface area (TPSA) is 92.6 Å². The van der Waals surface area contributed by atoms with E-state index in [1.54, 1.807) is 6.07 Å². The van der Waals surface area contributed by atoms with E-state index in [9.17, 15) is 13.0 Å². The van der Waals surface area contributed by atoms with Crippen LogP contribution in [0.1, 0.15) is 56.2 Å². The molecule has 7 nitrogen and oxygen atoms in total. The van der Waals surface area contributed by atoms with E-state index >= 15 is 0 Å². The third-order valence-corrected chi connectivity index (χ3v) is 7.00. The van der Waals surface area contributed by atoms with Crippen LogP contribution >= 0.6 is 0 Å². The molecule has 1 aliphatic rings. The van der Waals surface area contributed by atoms with Crippen molar-refractivity contribution in [1.29, 1.82) is 0 Å². The summed E-state index contributed by atoms with van der Waals surface area (Å²) in [5.41, 5.74) is 2.97. The molecule has 3 aromatic rings. The fraction of sp³-hybridized carbons (Fsp3) is 0.360. The van der Waals surface area contributed by atoms with Crippen LogP contribution < -0.4 is 9.64 Å². The van der Waals surface area contributed by atoms with Crippen LogP contribution in [0.2, 0.25) is 0 Å². The quantitative estimate of drug-likeness (QED) is 0.394. The fourth-order valence-corrected chi connectivity index (χ4v) is 5.29. The third kappa shape index (κ3) is 5.02. The van der Waals surface area contributed by atoms with E-state index in [1.807, 2.05) is 30.3 Å². The zero-order valence-electron chi connectivity index (χ0n) is 18.9. The molecule has 0 saturated heterocycles. The van der Waals surface area contributed by atoms with Gasteiger partial charge in [0.25, 0.3) is 10.1 Å². The van der Waals surface area contributed by atoms with Crippen LogP contribution in [0.4, 0.5) is 11.4 Å². The van der Waals surface area contributed by atoms with Gasteiger partial charge >= 0.3 is 0 Å². The van der Waals surface area contributed by atoms with Crippen molar-refractivity contribution in [2.45, 2.75) is 57.2 Å². The third-order valence-electron chi connectivity index (χ3n) is 5.87. The number of hydrogen-bond acceptors (Lipinski definition) is 6. The number of nitrogens with zero attached hydrogens (tertiary/aromatic N) is 3. The number of hydrogen-bond donors (Lipinski definition) is 1. The van der Waals surface area contributed by atoms with Gasteiger partial charge in [-0.15, -0.1) is 0 Å². The highest BCUT2D eigenvalue weighted by molar-refractivity contribution is 7.86. The largest absolute Gasteiger partial charge is 0.453 e. The van der Waals surface area contributed by atoms with E-state index in [4.69, 9.17) is 4.74 Å². The molecule has 4 rings (SSSR count). The SMILES string of the molecule is CCCc1ccc2c(c1)N(C(CCC)CC(c1ncccn1)S(=O)(=O)O)c1ccccc1O2. The number of anilines is 2. The lowest BCUT2D eigenvalue weighted by atomic mass is 9.99. The molecule has 0 bridgehead atoms. The van der Waals surface area contributed by atoms with Crippen LogP contribution in [0.5, 0.6) is 11.5 Å². The zero-order chi connectivity index (χ0) is 23.4. The van der Waals surface area contributed by atoms with Crippen LogP contribution in [0.25, 0.3) is 0 Å². The Morgan fingerprint density at radius 2 is 1.70 bits per heavy atom. The first-order chi connectivity index (χ1) is 15.9. The molecule has 8 heteroatoms. The van der Waals surface area contributed by atoms with Gasteiger partial charge in [-0.25, -0.2) is 9.97 Å². The van der Waals surface area contributed by atoms with E-state index in [0.29, 0.717) is 12.2 Å². The summed E-state index contributed by atoms with van der Waals surface area (Å²) in [7, 11) is -4.42. The normalized spacial score (nSPS) is 14.7. The molecule has 174 valence electrons. The number of fused-ring (bicyclic) bond motifs is 2. The van der Waals surface area contributed by atoms with Crippen molar-refractivity contribution in [3.63, 3.8) is 0 Å². The van der Waals surface area contributed by atoms with E-state index in [-0.39, 0.29) is 18.3 Å². The van der Waals surface area contributed by atoms with Crippen LogP contribution in [0, 0.1) is 0 Å². The smallest absolute Gasteiger partial charge is 0.275 e. The van der Waals surface area contributed by atoms with E-state index in [2.05, 4.69) is 40.8 Å². The summed E-state index contributed by atoms with van der Waals surface area (Å²) in [6, 6.07) is 15.3. The molecule has 1 aromatic heterocycles. The maximum absolute atomic E-state index is 12.4. The summed E-state index contributed by atoms with van der Waals surface area (Å²) in [6.07, 6.45) is 6.63. The lowest BCUT2D eigenvalue weighted by molar-refractivity contribution is 0.432. The van der Waals surface area contributed by atoms with Gasteiger partial charge < -0.3 is 9.64 Å². The number of para-hydroxylation sites is 2. The Balaban J connectivity index is 1.82. The molecule has 0 radical (unpaired) electrons. The number of aromatic nitrogens is 2. The Labute approximate surface area is 195 Å². The van der Waals surface area contributed by atoms with Gasteiger partial charge in [-0.3, -0.25) is 4.55 Å². The summed E-state index contributed by atoms with van der Waals surface area (Å²) in [4.78, 5) is 10.4. The van der Waals surface area contributed by atoms with Crippen LogP contribution in [-0.2, 0) is 16.5 Å².